The Kier molecular flexibility index (Phi) is 4.94. The van der Waals surface area contributed by atoms with Crippen LogP contribution in [-0.4, -0.2) is 32.5 Å². The lowest BCUT2D eigenvalue weighted by molar-refractivity contribution is -0.117. The van der Waals surface area contributed by atoms with E-state index in [1.165, 1.54) is 11.8 Å². The molecule has 0 radical (unpaired) electrons. The molecular weight excluding hydrogens is 290 g/mol. The van der Waals surface area contributed by atoms with Gasteiger partial charge in [-0.2, -0.15) is 0 Å². The highest BCUT2D eigenvalue weighted by atomic mass is 32.2. The Morgan fingerprint density at radius 1 is 1.29 bits per heavy atom. The molecule has 0 aliphatic heterocycles. The van der Waals surface area contributed by atoms with Crippen LogP contribution in [0.15, 0.2) is 35.5 Å². The maximum Gasteiger partial charge on any atom is 0.318 e. The summed E-state index contributed by atoms with van der Waals surface area (Å²) in [6.07, 6.45) is 0.665. The molecule has 1 heterocycles. The molecule has 0 bridgehead atoms. The lowest BCUT2D eigenvalue weighted by Crippen LogP contribution is -2.36. The number of amides is 3. The van der Waals surface area contributed by atoms with Crippen molar-refractivity contribution in [1.29, 1.82) is 0 Å². The fraction of sp³-hybridized carbons (Fsp3) is 0.231. The van der Waals surface area contributed by atoms with E-state index >= 15 is 0 Å². The number of hydrogen-bond acceptors (Lipinski definition) is 5. The molecule has 21 heavy (non-hydrogen) atoms. The molecule has 1 aromatic carbocycles. The maximum absolute atomic E-state index is 11.3. The number of carbonyl (C=O) groups excluding carboxylic acids is 2. The largest absolute Gasteiger partial charge is 0.351 e. The SMILES string of the molecule is Cn1c(Cc2ccccc2)nnc1SCC(=O)NC(N)=O. The smallest absolute Gasteiger partial charge is 0.318 e. The van der Waals surface area contributed by atoms with Crippen LogP contribution in [0.2, 0.25) is 0 Å². The number of aromatic nitrogens is 3. The van der Waals surface area contributed by atoms with Crippen molar-refractivity contribution >= 4 is 23.7 Å². The molecule has 1 aromatic heterocycles. The average molecular weight is 305 g/mol. The van der Waals surface area contributed by atoms with Gasteiger partial charge in [-0.05, 0) is 5.56 Å². The van der Waals surface area contributed by atoms with Crippen LogP contribution in [0.1, 0.15) is 11.4 Å². The predicted molar refractivity (Wildman–Crippen MR) is 78.7 cm³/mol. The van der Waals surface area contributed by atoms with Crippen molar-refractivity contribution in [3.8, 4) is 0 Å². The summed E-state index contributed by atoms with van der Waals surface area (Å²) in [5.74, 6) is 0.402. The van der Waals surface area contributed by atoms with E-state index in [1.807, 2.05) is 47.3 Å². The first-order chi connectivity index (χ1) is 10.1. The molecule has 3 N–H and O–H groups in total. The molecule has 0 aliphatic rings. The number of nitrogens with one attached hydrogen (secondary N) is 1. The first-order valence-corrected chi connectivity index (χ1v) is 7.19. The number of primary amides is 1. The van der Waals surface area contributed by atoms with Gasteiger partial charge in [-0.1, -0.05) is 42.1 Å². The lowest BCUT2D eigenvalue weighted by Gasteiger charge is -2.04. The number of urea groups is 1. The lowest BCUT2D eigenvalue weighted by atomic mass is 10.1. The van der Waals surface area contributed by atoms with Crippen molar-refractivity contribution in [3.05, 3.63) is 41.7 Å². The molecule has 110 valence electrons. The van der Waals surface area contributed by atoms with E-state index in [0.717, 1.165) is 11.4 Å². The van der Waals surface area contributed by atoms with E-state index in [-0.39, 0.29) is 5.75 Å². The van der Waals surface area contributed by atoms with E-state index in [9.17, 15) is 9.59 Å². The second-order valence-electron chi connectivity index (χ2n) is 4.32. The summed E-state index contributed by atoms with van der Waals surface area (Å²) in [7, 11) is 1.84. The summed E-state index contributed by atoms with van der Waals surface area (Å²) in [6, 6.07) is 9.07. The molecule has 2 rings (SSSR count). The van der Waals surface area contributed by atoms with Gasteiger partial charge in [0.1, 0.15) is 5.82 Å². The molecule has 0 aliphatic carbocycles. The van der Waals surface area contributed by atoms with Crippen molar-refractivity contribution in [3.63, 3.8) is 0 Å². The van der Waals surface area contributed by atoms with Crippen LogP contribution >= 0.6 is 11.8 Å². The van der Waals surface area contributed by atoms with Gasteiger partial charge in [-0.15, -0.1) is 10.2 Å². The summed E-state index contributed by atoms with van der Waals surface area (Å²) >= 11 is 1.20. The third-order valence-corrected chi connectivity index (χ3v) is 3.75. The molecule has 2 aromatic rings. The van der Waals surface area contributed by atoms with Crippen LogP contribution in [-0.2, 0) is 18.3 Å². The highest BCUT2D eigenvalue weighted by molar-refractivity contribution is 7.99. The van der Waals surface area contributed by atoms with Crippen LogP contribution < -0.4 is 11.1 Å². The summed E-state index contributed by atoms with van der Waals surface area (Å²) in [5, 5.41) is 10.8. The zero-order valence-corrected chi connectivity index (χ0v) is 12.3. The van der Waals surface area contributed by atoms with Crippen LogP contribution in [0.3, 0.4) is 0 Å². The molecule has 0 saturated carbocycles. The Bertz CT molecular complexity index is 641. The van der Waals surface area contributed by atoms with Crippen molar-refractivity contribution in [1.82, 2.24) is 20.1 Å². The van der Waals surface area contributed by atoms with Gasteiger partial charge in [-0.25, -0.2) is 4.79 Å². The van der Waals surface area contributed by atoms with Gasteiger partial charge in [0.15, 0.2) is 5.16 Å². The van der Waals surface area contributed by atoms with Gasteiger partial charge < -0.3 is 10.3 Å². The summed E-state index contributed by atoms with van der Waals surface area (Å²) in [5.41, 5.74) is 6.00. The van der Waals surface area contributed by atoms with E-state index < -0.39 is 11.9 Å². The van der Waals surface area contributed by atoms with Gasteiger partial charge in [-0.3, -0.25) is 10.1 Å². The first-order valence-electron chi connectivity index (χ1n) is 6.20. The second kappa shape index (κ2) is 6.89. The fourth-order valence-corrected chi connectivity index (χ4v) is 2.44. The Morgan fingerprint density at radius 3 is 2.67 bits per heavy atom. The predicted octanol–water partition coefficient (Wildman–Crippen LogP) is 0.693. The number of nitrogens with two attached hydrogens (primary N) is 1. The number of carbonyl (C=O) groups is 2. The quantitative estimate of drug-likeness (QED) is 0.791. The number of imide groups is 1. The van der Waals surface area contributed by atoms with E-state index in [1.54, 1.807) is 0 Å². The Hall–Kier alpha value is -2.35. The fourth-order valence-electron chi connectivity index (χ4n) is 1.71. The maximum atomic E-state index is 11.3. The molecule has 0 spiro atoms. The first kappa shape index (κ1) is 15.0. The average Bonchev–Trinajstić information content (AvgIpc) is 2.78. The Labute approximate surface area is 125 Å². The minimum absolute atomic E-state index is 0.0558. The molecule has 7 nitrogen and oxygen atoms in total. The zero-order valence-electron chi connectivity index (χ0n) is 11.4. The molecule has 0 fully saturated rings. The Balaban J connectivity index is 1.97. The number of nitrogens with zero attached hydrogens (tertiary/aromatic N) is 3. The standard InChI is InChI=1S/C13H15N5O2S/c1-18-10(7-9-5-3-2-4-6-9)16-17-13(18)21-8-11(19)15-12(14)20/h2-6H,7-8H2,1H3,(H3,14,15,19,20). The second-order valence-corrected chi connectivity index (χ2v) is 5.26. The van der Waals surface area contributed by atoms with Crippen molar-refractivity contribution in [2.24, 2.45) is 12.8 Å². The third kappa shape index (κ3) is 4.32. The number of thioether (sulfide) groups is 1. The summed E-state index contributed by atoms with van der Waals surface area (Å²) in [4.78, 5) is 21.9. The Morgan fingerprint density at radius 2 is 2.00 bits per heavy atom. The third-order valence-electron chi connectivity index (χ3n) is 2.73. The van der Waals surface area contributed by atoms with E-state index in [0.29, 0.717) is 11.6 Å². The van der Waals surface area contributed by atoms with Gasteiger partial charge in [0, 0.05) is 13.5 Å². The zero-order chi connectivity index (χ0) is 15.2. The van der Waals surface area contributed by atoms with Gasteiger partial charge in [0.25, 0.3) is 0 Å². The molecule has 8 heteroatoms. The highest BCUT2D eigenvalue weighted by Gasteiger charge is 2.12. The van der Waals surface area contributed by atoms with Crippen molar-refractivity contribution in [2.45, 2.75) is 11.6 Å². The monoisotopic (exact) mass is 305 g/mol. The minimum atomic E-state index is -0.858. The molecule has 0 unspecified atom stereocenters. The normalized spacial score (nSPS) is 10.3. The van der Waals surface area contributed by atoms with Crippen molar-refractivity contribution in [2.75, 3.05) is 5.75 Å². The number of rotatable bonds is 5. The van der Waals surface area contributed by atoms with Crippen LogP contribution in [0, 0.1) is 0 Å². The van der Waals surface area contributed by atoms with Crippen molar-refractivity contribution < 1.29 is 9.59 Å². The van der Waals surface area contributed by atoms with E-state index in [2.05, 4.69) is 10.2 Å². The summed E-state index contributed by atoms with van der Waals surface area (Å²) < 4.78 is 1.83. The van der Waals surface area contributed by atoms with Crippen LogP contribution in [0.25, 0.3) is 0 Å². The molecule has 3 amide bonds. The van der Waals surface area contributed by atoms with E-state index in [4.69, 9.17) is 5.73 Å². The van der Waals surface area contributed by atoms with Gasteiger partial charge >= 0.3 is 6.03 Å². The van der Waals surface area contributed by atoms with Gasteiger partial charge in [0.2, 0.25) is 5.91 Å². The molecule has 0 saturated heterocycles. The molecule has 0 atom stereocenters. The topological polar surface area (TPSA) is 103 Å². The van der Waals surface area contributed by atoms with Crippen LogP contribution in [0.5, 0.6) is 0 Å². The summed E-state index contributed by atoms with van der Waals surface area (Å²) in [6.45, 7) is 0. The molecular formula is C13H15N5O2S. The minimum Gasteiger partial charge on any atom is -0.351 e. The van der Waals surface area contributed by atoms with Crippen LogP contribution in [0.4, 0.5) is 4.79 Å². The number of benzene rings is 1. The van der Waals surface area contributed by atoms with Gasteiger partial charge in [0.05, 0.1) is 5.75 Å². The number of hydrogen-bond donors (Lipinski definition) is 2. The highest BCUT2D eigenvalue weighted by Crippen LogP contribution is 2.16.